The van der Waals surface area contributed by atoms with Crippen LogP contribution in [0.5, 0.6) is 0 Å². The van der Waals surface area contributed by atoms with Gasteiger partial charge in [0.25, 0.3) is 0 Å². The molecule has 0 radical (unpaired) electrons. The predicted molar refractivity (Wildman–Crippen MR) is 127 cm³/mol. The molecule has 0 aliphatic carbocycles. The molecule has 5 unspecified atom stereocenters. The van der Waals surface area contributed by atoms with Crippen LogP contribution < -0.4 is 0 Å². The molecule has 0 saturated carbocycles. The highest BCUT2D eigenvalue weighted by Crippen LogP contribution is 2.40. The van der Waals surface area contributed by atoms with Crippen LogP contribution in [0.3, 0.4) is 0 Å². The lowest BCUT2D eigenvalue weighted by molar-refractivity contribution is -0.275. The Morgan fingerprint density at radius 1 is 1.03 bits per heavy atom. The first-order valence-electron chi connectivity index (χ1n) is 11.9. The molecule has 1 aliphatic rings. The third-order valence-corrected chi connectivity index (χ3v) is 13.5. The molecule has 5 heteroatoms. The molecular formula is C25H46O4Si. The lowest BCUT2D eigenvalue weighted by Crippen LogP contribution is -2.51. The summed E-state index contributed by atoms with van der Waals surface area (Å²) in [6, 6.07) is 0. The molecule has 4 nitrogen and oxygen atoms in total. The van der Waals surface area contributed by atoms with Gasteiger partial charge in [0.15, 0.2) is 12.4 Å². The molecular weight excluding hydrogens is 392 g/mol. The van der Waals surface area contributed by atoms with Crippen molar-refractivity contribution in [3.8, 4) is 11.5 Å². The summed E-state index contributed by atoms with van der Waals surface area (Å²) in [5.41, 5.74) is 5.71. The largest absolute Gasteiger partial charge is 0.457 e. The van der Waals surface area contributed by atoms with E-state index in [1.54, 1.807) is 0 Å². The van der Waals surface area contributed by atoms with Crippen LogP contribution in [0.4, 0.5) is 0 Å². The summed E-state index contributed by atoms with van der Waals surface area (Å²) >= 11 is 0. The fraction of sp³-hybridized carbons (Fsp3) is 0.880. The quantitative estimate of drug-likeness (QED) is 0.182. The first-order chi connectivity index (χ1) is 14.0. The van der Waals surface area contributed by atoms with Gasteiger partial charge in [-0.2, -0.15) is 0 Å². The normalized spacial score (nSPS) is 27.3. The van der Waals surface area contributed by atoms with Crippen LogP contribution in [0.2, 0.25) is 16.6 Å². The highest BCUT2D eigenvalue weighted by molar-refractivity contribution is 6.90. The van der Waals surface area contributed by atoms with Crippen LogP contribution in [-0.4, -0.2) is 39.1 Å². The Balaban J connectivity index is 2.71. The molecule has 0 aromatic rings. The van der Waals surface area contributed by atoms with E-state index in [0.29, 0.717) is 29.1 Å². The molecule has 0 bridgehead atoms. The van der Waals surface area contributed by atoms with Crippen molar-refractivity contribution in [2.75, 3.05) is 6.61 Å². The van der Waals surface area contributed by atoms with E-state index in [-0.39, 0.29) is 24.1 Å². The van der Waals surface area contributed by atoms with Gasteiger partial charge in [-0.05, 0) is 35.4 Å². The minimum absolute atomic E-state index is 0.131. The molecule has 0 amide bonds. The van der Waals surface area contributed by atoms with Crippen LogP contribution in [0, 0.1) is 23.3 Å². The second kappa shape index (κ2) is 12.3. The molecule has 1 fully saturated rings. The van der Waals surface area contributed by atoms with E-state index in [4.69, 9.17) is 14.2 Å². The standard InChI is InChI=1S/C25H46O4Si/c1-11-23-20(8)21(9)24(28-22(10)26)25(29-23)27-15-13-12-14-16-30(17(2)3,18(4)5)19(6)7/h17-21,23-25H,11-13,15H2,1-10H3. The van der Waals surface area contributed by atoms with Gasteiger partial charge in [0.1, 0.15) is 8.07 Å². The number of unbranched alkanes of at least 4 members (excludes halogenated alkanes) is 1. The Kier molecular flexibility index (Phi) is 11.1. The van der Waals surface area contributed by atoms with Gasteiger partial charge in [0.05, 0.1) is 12.7 Å². The average Bonchev–Trinajstić information content (AvgIpc) is 2.65. The Hall–Kier alpha value is -0.833. The topological polar surface area (TPSA) is 44.8 Å². The van der Waals surface area contributed by atoms with E-state index in [2.05, 4.69) is 73.8 Å². The minimum Gasteiger partial charge on any atom is -0.457 e. The van der Waals surface area contributed by atoms with E-state index >= 15 is 0 Å². The van der Waals surface area contributed by atoms with Gasteiger partial charge in [-0.25, -0.2) is 0 Å². The van der Waals surface area contributed by atoms with Gasteiger partial charge in [0.2, 0.25) is 0 Å². The third-order valence-electron chi connectivity index (χ3n) is 7.11. The van der Waals surface area contributed by atoms with Crippen molar-refractivity contribution in [1.29, 1.82) is 0 Å². The number of rotatable bonds is 9. The van der Waals surface area contributed by atoms with E-state index in [9.17, 15) is 4.79 Å². The Morgan fingerprint density at radius 3 is 2.07 bits per heavy atom. The zero-order chi connectivity index (χ0) is 23.1. The summed E-state index contributed by atoms with van der Waals surface area (Å²) in [4.78, 5) is 11.6. The molecule has 5 atom stereocenters. The van der Waals surface area contributed by atoms with Crippen LogP contribution in [-0.2, 0) is 19.0 Å². The van der Waals surface area contributed by atoms with E-state index in [1.807, 2.05) is 0 Å². The molecule has 30 heavy (non-hydrogen) atoms. The lowest BCUT2D eigenvalue weighted by Gasteiger charge is -2.43. The maximum atomic E-state index is 11.6. The maximum Gasteiger partial charge on any atom is 0.303 e. The molecule has 0 spiro atoms. The third kappa shape index (κ3) is 6.58. The first-order valence-corrected chi connectivity index (χ1v) is 14.2. The van der Waals surface area contributed by atoms with Crippen molar-refractivity contribution in [2.45, 2.75) is 124 Å². The van der Waals surface area contributed by atoms with Gasteiger partial charge in [-0.1, -0.05) is 62.3 Å². The molecule has 174 valence electrons. The molecule has 0 aromatic carbocycles. The maximum absolute atomic E-state index is 11.6. The van der Waals surface area contributed by atoms with E-state index < -0.39 is 14.4 Å². The molecule has 1 saturated heterocycles. The average molecular weight is 439 g/mol. The van der Waals surface area contributed by atoms with Crippen molar-refractivity contribution in [3.05, 3.63) is 0 Å². The van der Waals surface area contributed by atoms with Crippen LogP contribution in [0.1, 0.15) is 88.5 Å². The summed E-state index contributed by atoms with van der Waals surface area (Å²) in [5.74, 6) is 3.74. The van der Waals surface area contributed by atoms with Crippen molar-refractivity contribution in [3.63, 3.8) is 0 Å². The first kappa shape index (κ1) is 27.2. The fourth-order valence-electron chi connectivity index (χ4n) is 5.22. The Morgan fingerprint density at radius 2 is 1.60 bits per heavy atom. The minimum atomic E-state index is -1.66. The zero-order valence-electron chi connectivity index (χ0n) is 21.1. The lowest BCUT2D eigenvalue weighted by atomic mass is 9.82. The molecule has 1 rings (SSSR count). The highest BCUT2D eigenvalue weighted by Gasteiger charge is 2.43. The SMILES string of the molecule is CCC1OC(OCCCC#C[Si](C(C)C)(C(C)C)C(C)C)C(OC(C)=O)C(C)C1C. The monoisotopic (exact) mass is 438 g/mol. The summed E-state index contributed by atoms with van der Waals surface area (Å²) in [6.07, 6.45) is 1.90. The summed E-state index contributed by atoms with van der Waals surface area (Å²) in [5, 5.41) is 0. The number of hydrogen-bond donors (Lipinski definition) is 0. The summed E-state index contributed by atoms with van der Waals surface area (Å²) in [7, 11) is -1.66. The van der Waals surface area contributed by atoms with Gasteiger partial charge in [-0.3, -0.25) is 4.79 Å². The molecule has 0 N–H and O–H groups in total. The Labute approximate surface area is 186 Å². The molecule has 1 aliphatic heterocycles. The molecule has 0 aromatic heterocycles. The van der Waals surface area contributed by atoms with E-state index in [0.717, 1.165) is 19.3 Å². The highest BCUT2D eigenvalue weighted by atomic mass is 28.3. The fourth-order valence-corrected chi connectivity index (χ4v) is 10.5. The number of ether oxygens (including phenoxy) is 3. The van der Waals surface area contributed by atoms with Crippen LogP contribution >= 0.6 is 0 Å². The number of carbonyl (C=O) groups is 1. The Bertz CT molecular complexity index is 568. The number of carbonyl (C=O) groups excluding carboxylic acids is 1. The number of esters is 1. The van der Waals surface area contributed by atoms with Gasteiger partial charge in [0, 0.05) is 19.3 Å². The second-order valence-electron chi connectivity index (χ2n) is 9.92. The van der Waals surface area contributed by atoms with E-state index in [1.165, 1.54) is 6.92 Å². The van der Waals surface area contributed by atoms with Crippen molar-refractivity contribution >= 4 is 14.0 Å². The smallest absolute Gasteiger partial charge is 0.303 e. The predicted octanol–water partition coefficient (Wildman–Crippen LogP) is 6.34. The molecule has 1 heterocycles. The summed E-state index contributed by atoms with van der Waals surface area (Å²) < 4.78 is 17.8. The van der Waals surface area contributed by atoms with Crippen LogP contribution in [0.15, 0.2) is 0 Å². The van der Waals surface area contributed by atoms with Gasteiger partial charge >= 0.3 is 5.97 Å². The second-order valence-corrected chi connectivity index (χ2v) is 15.5. The summed E-state index contributed by atoms with van der Waals surface area (Å²) in [6.45, 7) is 22.5. The van der Waals surface area contributed by atoms with Gasteiger partial charge in [-0.15, -0.1) is 11.5 Å². The van der Waals surface area contributed by atoms with Crippen molar-refractivity contribution in [1.82, 2.24) is 0 Å². The van der Waals surface area contributed by atoms with Crippen LogP contribution in [0.25, 0.3) is 0 Å². The van der Waals surface area contributed by atoms with Crippen molar-refractivity contribution in [2.24, 2.45) is 11.8 Å². The number of hydrogen-bond acceptors (Lipinski definition) is 4. The van der Waals surface area contributed by atoms with Crippen molar-refractivity contribution < 1.29 is 19.0 Å². The zero-order valence-corrected chi connectivity index (χ0v) is 22.1. The van der Waals surface area contributed by atoms with Gasteiger partial charge < -0.3 is 14.2 Å².